The van der Waals surface area contributed by atoms with Crippen molar-refractivity contribution in [1.29, 1.82) is 0 Å². The number of aromatic nitrogens is 2. The summed E-state index contributed by atoms with van der Waals surface area (Å²) in [5.41, 5.74) is 0.741. The van der Waals surface area contributed by atoms with E-state index in [0.717, 1.165) is 5.56 Å². The summed E-state index contributed by atoms with van der Waals surface area (Å²) >= 11 is 0. The summed E-state index contributed by atoms with van der Waals surface area (Å²) in [7, 11) is 1.49. The number of amides is 1. The number of imidazole rings is 1. The Morgan fingerprint density at radius 1 is 1.43 bits per heavy atom. The molecule has 0 aliphatic heterocycles. The van der Waals surface area contributed by atoms with Gasteiger partial charge in [-0.2, -0.15) is 0 Å². The second-order valence-electron chi connectivity index (χ2n) is 4.60. The zero-order valence-electron chi connectivity index (χ0n) is 12.0. The molecule has 1 aromatic heterocycles. The van der Waals surface area contributed by atoms with E-state index in [1.54, 1.807) is 24.5 Å². The molecule has 5 nitrogen and oxygen atoms in total. The fraction of sp³-hybridized carbons (Fsp3) is 0.333. The molecule has 6 heteroatoms. The monoisotopic (exact) mass is 291 g/mol. The number of methoxy groups -OCH3 is 1. The van der Waals surface area contributed by atoms with Gasteiger partial charge in [-0.05, 0) is 24.1 Å². The van der Waals surface area contributed by atoms with Crippen molar-refractivity contribution in [3.63, 3.8) is 0 Å². The first kappa shape index (κ1) is 15.2. The average Bonchev–Trinajstić information content (AvgIpc) is 3.01. The maximum Gasteiger partial charge on any atom is 0.249 e. The van der Waals surface area contributed by atoms with Crippen LogP contribution in [0.4, 0.5) is 4.39 Å². The maximum atomic E-state index is 13.1. The number of carbonyl (C=O) groups excluding carboxylic acids is 1. The molecule has 0 saturated carbocycles. The standard InChI is InChI=1S/C15H18FN3O2/c1-3-12(21-2)15(20)19-13(14-17-8-9-18-14)10-4-6-11(16)7-5-10/h4-9,12-13H,3H2,1-2H3,(H,17,18)(H,19,20). The van der Waals surface area contributed by atoms with E-state index >= 15 is 0 Å². The number of rotatable bonds is 6. The topological polar surface area (TPSA) is 67.0 Å². The average molecular weight is 291 g/mol. The summed E-state index contributed by atoms with van der Waals surface area (Å²) in [5, 5.41) is 2.88. The highest BCUT2D eigenvalue weighted by Crippen LogP contribution is 2.20. The summed E-state index contributed by atoms with van der Waals surface area (Å²) in [6.07, 6.45) is 3.32. The molecule has 0 spiro atoms. The summed E-state index contributed by atoms with van der Waals surface area (Å²) in [6.45, 7) is 1.87. The molecule has 0 saturated heterocycles. The predicted molar refractivity (Wildman–Crippen MR) is 76.1 cm³/mol. The number of H-pyrrole nitrogens is 1. The Morgan fingerprint density at radius 3 is 2.67 bits per heavy atom. The Morgan fingerprint density at radius 2 is 2.14 bits per heavy atom. The van der Waals surface area contributed by atoms with Crippen LogP contribution in [0.5, 0.6) is 0 Å². The zero-order valence-corrected chi connectivity index (χ0v) is 12.0. The van der Waals surface area contributed by atoms with Crippen LogP contribution in [-0.4, -0.2) is 29.1 Å². The molecule has 2 N–H and O–H groups in total. The molecule has 2 atom stereocenters. The first-order valence-electron chi connectivity index (χ1n) is 6.73. The lowest BCUT2D eigenvalue weighted by Crippen LogP contribution is -2.38. The van der Waals surface area contributed by atoms with E-state index < -0.39 is 12.1 Å². The van der Waals surface area contributed by atoms with Gasteiger partial charge in [0.15, 0.2) is 0 Å². The molecular weight excluding hydrogens is 273 g/mol. The molecule has 1 heterocycles. The number of hydrogen-bond donors (Lipinski definition) is 2. The predicted octanol–water partition coefficient (Wildman–Crippen LogP) is 2.18. The van der Waals surface area contributed by atoms with Crippen LogP contribution >= 0.6 is 0 Å². The lowest BCUT2D eigenvalue weighted by molar-refractivity contribution is -0.131. The molecule has 2 unspecified atom stereocenters. The Labute approximate surface area is 122 Å². The van der Waals surface area contributed by atoms with Gasteiger partial charge in [0.25, 0.3) is 0 Å². The van der Waals surface area contributed by atoms with E-state index in [1.807, 2.05) is 6.92 Å². The fourth-order valence-electron chi connectivity index (χ4n) is 2.09. The lowest BCUT2D eigenvalue weighted by Gasteiger charge is -2.20. The molecule has 0 aliphatic rings. The van der Waals surface area contributed by atoms with Crippen molar-refractivity contribution in [3.8, 4) is 0 Å². The van der Waals surface area contributed by atoms with Gasteiger partial charge >= 0.3 is 0 Å². The molecule has 1 aromatic carbocycles. The van der Waals surface area contributed by atoms with E-state index in [2.05, 4.69) is 15.3 Å². The van der Waals surface area contributed by atoms with Gasteiger partial charge in [0.05, 0.1) is 0 Å². The van der Waals surface area contributed by atoms with Gasteiger partial charge < -0.3 is 15.0 Å². The van der Waals surface area contributed by atoms with Crippen LogP contribution in [0.25, 0.3) is 0 Å². The van der Waals surface area contributed by atoms with Gasteiger partial charge in [0.1, 0.15) is 23.8 Å². The van der Waals surface area contributed by atoms with Gasteiger partial charge in [-0.15, -0.1) is 0 Å². The van der Waals surface area contributed by atoms with E-state index in [0.29, 0.717) is 12.2 Å². The molecule has 0 bridgehead atoms. The van der Waals surface area contributed by atoms with Gasteiger partial charge in [0.2, 0.25) is 5.91 Å². The van der Waals surface area contributed by atoms with Crippen molar-refractivity contribution in [2.75, 3.05) is 7.11 Å². The number of carbonyl (C=O) groups is 1. The van der Waals surface area contributed by atoms with Crippen molar-refractivity contribution < 1.29 is 13.9 Å². The van der Waals surface area contributed by atoms with Gasteiger partial charge in [-0.25, -0.2) is 9.37 Å². The third-order valence-electron chi connectivity index (χ3n) is 3.23. The first-order chi connectivity index (χ1) is 10.2. The quantitative estimate of drug-likeness (QED) is 0.857. The van der Waals surface area contributed by atoms with E-state index in [4.69, 9.17) is 4.74 Å². The van der Waals surface area contributed by atoms with Crippen molar-refractivity contribution in [2.45, 2.75) is 25.5 Å². The molecule has 2 aromatic rings. The van der Waals surface area contributed by atoms with Crippen molar-refractivity contribution in [2.24, 2.45) is 0 Å². The van der Waals surface area contributed by atoms with Crippen LogP contribution in [0, 0.1) is 5.82 Å². The fourth-order valence-corrected chi connectivity index (χ4v) is 2.09. The maximum absolute atomic E-state index is 13.1. The van der Waals surface area contributed by atoms with Crippen LogP contribution in [-0.2, 0) is 9.53 Å². The Kier molecular flexibility index (Phi) is 5.05. The molecule has 2 rings (SSSR count). The molecule has 0 fully saturated rings. The van der Waals surface area contributed by atoms with Crippen LogP contribution in [0.15, 0.2) is 36.7 Å². The Hall–Kier alpha value is -2.21. The normalized spacial score (nSPS) is 13.7. The molecule has 0 radical (unpaired) electrons. The van der Waals surface area contributed by atoms with E-state index in [-0.39, 0.29) is 11.7 Å². The smallest absolute Gasteiger partial charge is 0.249 e. The van der Waals surface area contributed by atoms with E-state index in [1.165, 1.54) is 19.2 Å². The Bertz CT molecular complexity index is 565. The van der Waals surface area contributed by atoms with E-state index in [9.17, 15) is 9.18 Å². The van der Waals surface area contributed by atoms with Crippen LogP contribution in [0.3, 0.4) is 0 Å². The second-order valence-corrected chi connectivity index (χ2v) is 4.60. The second kappa shape index (κ2) is 6.99. The number of hydrogen-bond acceptors (Lipinski definition) is 3. The highest BCUT2D eigenvalue weighted by molar-refractivity contribution is 5.81. The minimum Gasteiger partial charge on any atom is -0.372 e. The lowest BCUT2D eigenvalue weighted by atomic mass is 10.1. The van der Waals surface area contributed by atoms with Crippen molar-refractivity contribution in [1.82, 2.24) is 15.3 Å². The summed E-state index contributed by atoms with van der Waals surface area (Å²) < 4.78 is 18.2. The number of benzene rings is 1. The van der Waals surface area contributed by atoms with Crippen LogP contribution in [0.1, 0.15) is 30.8 Å². The summed E-state index contributed by atoms with van der Waals surface area (Å²) in [4.78, 5) is 19.3. The molecule has 0 aliphatic carbocycles. The largest absolute Gasteiger partial charge is 0.372 e. The summed E-state index contributed by atoms with van der Waals surface area (Å²) in [6, 6.07) is 5.47. The van der Waals surface area contributed by atoms with Crippen LogP contribution in [0.2, 0.25) is 0 Å². The highest BCUT2D eigenvalue weighted by Gasteiger charge is 2.23. The minimum absolute atomic E-state index is 0.231. The number of ether oxygens (including phenoxy) is 1. The minimum atomic E-state index is -0.525. The first-order valence-corrected chi connectivity index (χ1v) is 6.73. The number of nitrogens with one attached hydrogen (secondary N) is 2. The van der Waals surface area contributed by atoms with Crippen molar-refractivity contribution >= 4 is 5.91 Å². The third kappa shape index (κ3) is 3.66. The van der Waals surface area contributed by atoms with Gasteiger partial charge in [-0.3, -0.25) is 4.79 Å². The third-order valence-corrected chi connectivity index (χ3v) is 3.23. The summed E-state index contributed by atoms with van der Waals surface area (Å²) in [5.74, 6) is 0.0261. The van der Waals surface area contributed by atoms with Crippen LogP contribution < -0.4 is 5.32 Å². The zero-order chi connectivity index (χ0) is 15.2. The number of nitrogens with zero attached hydrogens (tertiary/aromatic N) is 1. The molecule has 21 heavy (non-hydrogen) atoms. The molecular formula is C15H18FN3O2. The molecule has 112 valence electrons. The SMILES string of the molecule is CCC(OC)C(=O)NC(c1ccc(F)cc1)c1ncc[nH]1. The molecule has 1 amide bonds. The van der Waals surface area contributed by atoms with Gasteiger partial charge in [0, 0.05) is 19.5 Å². The van der Waals surface area contributed by atoms with Gasteiger partial charge in [-0.1, -0.05) is 19.1 Å². The number of halogens is 1. The van der Waals surface area contributed by atoms with Crippen molar-refractivity contribution in [3.05, 3.63) is 53.9 Å². The number of aromatic amines is 1. The Balaban J connectivity index is 2.25. The highest BCUT2D eigenvalue weighted by atomic mass is 19.1.